The predicted molar refractivity (Wildman–Crippen MR) is 268 cm³/mol. The van der Waals surface area contributed by atoms with E-state index >= 15 is 4.79 Å². The summed E-state index contributed by atoms with van der Waals surface area (Å²) < 4.78 is 12.8. The summed E-state index contributed by atoms with van der Waals surface area (Å²) >= 11 is 7.00. The zero-order chi connectivity index (χ0) is 48.5. The second-order valence-corrected chi connectivity index (χ2v) is 18.9. The molecule has 1 heterocycles. The summed E-state index contributed by atoms with van der Waals surface area (Å²) in [5.41, 5.74) is 6.19. The molecule has 8 rings (SSSR count). The standard InChI is InChI=1S/C59H59ClN2O7/c1-40-29-31-45(32-30-40)59(44-21-9-5-10-22-44,51-27-15-16-28-52(51)60)69-56(65)38-43(37-55(64)68-39-50-48-25-13-11-23-46(48)47-24-12-14-26-49(47)50)58(67)61(3)53(36-42-19-7-4-8-20-42)54(63)35-41(2)57(66)62-33-17-6-18-34-62/h4-5,7-16,19-32,41,43,50,53H,6,17-18,33-39H2,1-3H3/t41-,43+,53+,59?/m1/s1. The Hall–Kier alpha value is -6.84. The number of piperidine rings is 1. The van der Waals surface area contributed by atoms with Gasteiger partial charge in [-0.1, -0.05) is 176 Å². The number of hydrogen-bond donors (Lipinski definition) is 0. The minimum Gasteiger partial charge on any atom is -0.465 e. The van der Waals surface area contributed by atoms with Gasteiger partial charge >= 0.3 is 11.9 Å². The predicted octanol–water partition coefficient (Wildman–Crippen LogP) is 10.9. The molecule has 4 atom stereocenters. The molecule has 0 saturated carbocycles. The molecule has 0 aromatic heterocycles. The van der Waals surface area contributed by atoms with Gasteiger partial charge in [-0.25, -0.2) is 0 Å². The number of rotatable bonds is 18. The first-order chi connectivity index (χ1) is 33.4. The second-order valence-electron chi connectivity index (χ2n) is 18.5. The number of ketones is 1. The van der Waals surface area contributed by atoms with E-state index in [9.17, 15) is 19.2 Å². The van der Waals surface area contributed by atoms with Gasteiger partial charge in [-0.15, -0.1) is 0 Å². The van der Waals surface area contributed by atoms with Crippen LogP contribution in [0.1, 0.15) is 90.3 Å². The van der Waals surface area contributed by atoms with E-state index < -0.39 is 54.2 Å². The smallest absolute Gasteiger partial charge is 0.308 e. The number of hydrogen-bond acceptors (Lipinski definition) is 7. The summed E-state index contributed by atoms with van der Waals surface area (Å²) in [5, 5.41) is 0.357. The summed E-state index contributed by atoms with van der Waals surface area (Å²) in [7, 11) is 1.53. The highest BCUT2D eigenvalue weighted by Gasteiger charge is 2.44. The molecule has 1 aliphatic heterocycles. The van der Waals surface area contributed by atoms with Gasteiger partial charge in [0, 0.05) is 60.1 Å². The van der Waals surface area contributed by atoms with Crippen LogP contribution in [-0.4, -0.2) is 72.1 Å². The number of ether oxygens (including phenoxy) is 2. The number of esters is 2. The van der Waals surface area contributed by atoms with Crippen LogP contribution in [0, 0.1) is 18.8 Å². The van der Waals surface area contributed by atoms with E-state index in [0.29, 0.717) is 34.8 Å². The molecule has 10 heteroatoms. The minimum atomic E-state index is -1.57. The molecule has 6 aromatic carbocycles. The van der Waals surface area contributed by atoms with E-state index in [-0.39, 0.29) is 37.1 Å². The number of Topliss-reactive ketones (excluding diaryl/α,β-unsaturated/α-hetero) is 1. The van der Waals surface area contributed by atoms with Crippen molar-refractivity contribution >= 4 is 41.1 Å². The zero-order valence-corrected chi connectivity index (χ0v) is 40.3. The van der Waals surface area contributed by atoms with Crippen LogP contribution in [-0.2, 0) is 45.5 Å². The third-order valence-corrected chi connectivity index (χ3v) is 14.1. The number of nitrogens with zero attached hydrogens (tertiary/aromatic N) is 2. The molecule has 1 unspecified atom stereocenters. The highest BCUT2D eigenvalue weighted by molar-refractivity contribution is 6.31. The van der Waals surface area contributed by atoms with Crippen LogP contribution in [0.4, 0.5) is 0 Å². The Morgan fingerprint density at radius 2 is 1.22 bits per heavy atom. The Bertz CT molecular complexity index is 2730. The topological polar surface area (TPSA) is 110 Å². The number of benzene rings is 6. The quantitative estimate of drug-likeness (QED) is 0.0623. The lowest BCUT2D eigenvalue weighted by Gasteiger charge is -2.36. The summed E-state index contributed by atoms with van der Waals surface area (Å²) in [6.07, 6.45) is 1.97. The highest BCUT2D eigenvalue weighted by atomic mass is 35.5. The van der Waals surface area contributed by atoms with E-state index in [4.69, 9.17) is 21.1 Å². The van der Waals surface area contributed by atoms with Gasteiger partial charge in [0.15, 0.2) is 11.4 Å². The van der Waals surface area contributed by atoms with Crippen LogP contribution in [0.2, 0.25) is 5.02 Å². The lowest BCUT2D eigenvalue weighted by Crippen LogP contribution is -2.48. The second kappa shape index (κ2) is 22.1. The molecule has 9 nitrogen and oxygen atoms in total. The molecule has 1 aliphatic carbocycles. The van der Waals surface area contributed by atoms with Gasteiger partial charge in [0.1, 0.15) is 6.61 Å². The Morgan fingerprint density at radius 1 is 0.667 bits per heavy atom. The van der Waals surface area contributed by atoms with Crippen molar-refractivity contribution in [3.63, 3.8) is 0 Å². The van der Waals surface area contributed by atoms with Crippen molar-refractivity contribution in [3.05, 3.63) is 202 Å². The van der Waals surface area contributed by atoms with Crippen LogP contribution in [0.15, 0.2) is 158 Å². The molecular formula is C59H59ClN2O7. The molecule has 1 fully saturated rings. The molecule has 1 saturated heterocycles. The maximum Gasteiger partial charge on any atom is 0.308 e. The van der Waals surface area contributed by atoms with E-state index in [1.807, 2.05) is 145 Å². The van der Waals surface area contributed by atoms with Gasteiger partial charge in [-0.2, -0.15) is 0 Å². The largest absolute Gasteiger partial charge is 0.465 e. The average Bonchev–Trinajstić information content (AvgIpc) is 3.70. The number of carbonyl (C=O) groups excluding carboxylic acids is 5. The third-order valence-electron chi connectivity index (χ3n) is 13.8. The number of carbonyl (C=O) groups is 5. The average molecular weight is 944 g/mol. The van der Waals surface area contributed by atoms with Gasteiger partial charge in [0.25, 0.3) is 0 Å². The first-order valence-electron chi connectivity index (χ1n) is 24.0. The molecule has 0 N–H and O–H groups in total. The number of likely N-dealkylation sites (tertiary alicyclic amines) is 1. The molecular weight excluding hydrogens is 884 g/mol. The zero-order valence-electron chi connectivity index (χ0n) is 39.5. The van der Waals surface area contributed by atoms with Crippen molar-refractivity contribution in [2.75, 3.05) is 26.7 Å². The summed E-state index contributed by atoms with van der Waals surface area (Å²) in [6.45, 7) is 5.06. The molecule has 2 amide bonds. The van der Waals surface area contributed by atoms with Crippen molar-refractivity contribution in [2.45, 2.75) is 76.4 Å². The molecule has 2 aliphatic rings. The lowest BCUT2D eigenvalue weighted by molar-refractivity contribution is -0.159. The Kier molecular flexibility index (Phi) is 15.5. The highest BCUT2D eigenvalue weighted by Crippen LogP contribution is 2.46. The van der Waals surface area contributed by atoms with Crippen LogP contribution in [0.5, 0.6) is 0 Å². The van der Waals surface area contributed by atoms with Crippen LogP contribution < -0.4 is 0 Å². The first-order valence-corrected chi connectivity index (χ1v) is 24.4. The number of halogens is 1. The fraction of sp³-hybridized carbons (Fsp3) is 0.305. The molecule has 0 bridgehead atoms. The van der Waals surface area contributed by atoms with E-state index in [0.717, 1.165) is 52.6 Å². The van der Waals surface area contributed by atoms with E-state index in [2.05, 4.69) is 12.1 Å². The van der Waals surface area contributed by atoms with Gasteiger partial charge in [-0.3, -0.25) is 24.0 Å². The SMILES string of the molecule is Cc1ccc(C(OC(=O)C[C@H](CC(=O)OCC2c3ccccc3-c3ccccc32)C(=O)N(C)[C@@H](Cc2ccccc2)C(=O)C[C@@H](C)C(=O)N2CCCCC2)(c2ccccc2)c2ccccc2Cl)cc1. The van der Waals surface area contributed by atoms with Gasteiger partial charge in [0.05, 0.1) is 24.8 Å². The van der Waals surface area contributed by atoms with Crippen LogP contribution in [0.3, 0.4) is 0 Å². The van der Waals surface area contributed by atoms with Gasteiger partial charge < -0.3 is 19.3 Å². The summed E-state index contributed by atoms with van der Waals surface area (Å²) in [6, 6.07) is 48.5. The fourth-order valence-electron chi connectivity index (χ4n) is 10.1. The minimum absolute atomic E-state index is 0.0170. The number of amides is 2. The van der Waals surface area contributed by atoms with Crippen molar-refractivity contribution in [1.82, 2.24) is 9.80 Å². The Balaban J connectivity index is 1.12. The van der Waals surface area contributed by atoms with Gasteiger partial charge in [-0.05, 0) is 66.5 Å². The van der Waals surface area contributed by atoms with Crippen molar-refractivity contribution in [2.24, 2.45) is 11.8 Å². The number of fused-ring (bicyclic) bond motifs is 3. The van der Waals surface area contributed by atoms with Crippen LogP contribution in [0.25, 0.3) is 11.1 Å². The Morgan fingerprint density at radius 3 is 1.86 bits per heavy atom. The Labute approximate surface area is 410 Å². The lowest BCUT2D eigenvalue weighted by atomic mass is 9.79. The van der Waals surface area contributed by atoms with E-state index in [1.165, 1.54) is 11.9 Å². The molecule has 0 radical (unpaired) electrons. The summed E-state index contributed by atoms with van der Waals surface area (Å²) in [5.74, 6) is -4.59. The van der Waals surface area contributed by atoms with Gasteiger partial charge in [0.2, 0.25) is 11.8 Å². The van der Waals surface area contributed by atoms with Crippen molar-refractivity contribution < 1.29 is 33.4 Å². The fourth-order valence-corrected chi connectivity index (χ4v) is 10.4. The first kappa shape index (κ1) is 48.6. The number of aryl methyl sites for hydroxylation is 1. The van der Waals surface area contributed by atoms with Crippen molar-refractivity contribution in [3.8, 4) is 11.1 Å². The molecule has 0 spiro atoms. The maximum absolute atomic E-state index is 15.2. The normalized spacial score (nSPS) is 15.4. The van der Waals surface area contributed by atoms with Crippen LogP contribution >= 0.6 is 11.6 Å². The monoisotopic (exact) mass is 942 g/mol. The number of likely N-dealkylation sites (N-methyl/N-ethyl adjacent to an activating group) is 1. The molecule has 6 aromatic rings. The molecule has 354 valence electrons. The maximum atomic E-state index is 15.2. The molecule has 69 heavy (non-hydrogen) atoms. The third kappa shape index (κ3) is 10.9. The van der Waals surface area contributed by atoms with E-state index in [1.54, 1.807) is 19.1 Å². The van der Waals surface area contributed by atoms with Crippen molar-refractivity contribution in [1.29, 1.82) is 0 Å². The summed E-state index contributed by atoms with van der Waals surface area (Å²) in [4.78, 5) is 75.8.